The number of para-hydroxylation sites is 2. The number of benzene rings is 2. The van der Waals surface area contributed by atoms with E-state index >= 15 is 0 Å². The molecule has 0 saturated carbocycles. The van der Waals surface area contributed by atoms with E-state index in [-0.39, 0.29) is 36.2 Å². The van der Waals surface area contributed by atoms with Crippen molar-refractivity contribution in [1.29, 1.82) is 0 Å². The number of fused-ring (bicyclic) bond motifs is 2. The molecule has 2 aliphatic rings. The van der Waals surface area contributed by atoms with E-state index in [9.17, 15) is 9.18 Å². The summed E-state index contributed by atoms with van der Waals surface area (Å²) < 4.78 is 19.1. The van der Waals surface area contributed by atoms with E-state index in [2.05, 4.69) is 9.88 Å². The van der Waals surface area contributed by atoms with Crippen molar-refractivity contribution in [3.05, 3.63) is 66.1 Å². The second-order valence-corrected chi connectivity index (χ2v) is 8.02. The van der Waals surface area contributed by atoms with Crippen molar-refractivity contribution < 1.29 is 13.9 Å². The molecule has 1 aromatic heterocycles. The van der Waals surface area contributed by atoms with Gasteiger partial charge in [0.15, 0.2) is 0 Å². The molecule has 5 rings (SSSR count). The summed E-state index contributed by atoms with van der Waals surface area (Å²) in [4.78, 5) is 26.1. The molecule has 2 aliphatic heterocycles. The van der Waals surface area contributed by atoms with Crippen molar-refractivity contribution in [2.24, 2.45) is 11.8 Å². The van der Waals surface area contributed by atoms with Crippen LogP contribution >= 0.6 is 0 Å². The maximum atomic E-state index is 14.0. The maximum Gasteiger partial charge on any atom is 0.249 e. The molecule has 3 aromatic rings. The first-order valence-electron chi connectivity index (χ1n) is 10.1. The molecule has 2 fully saturated rings. The molecule has 2 saturated heterocycles. The Morgan fingerprint density at radius 1 is 1.13 bits per heavy atom. The zero-order valence-corrected chi connectivity index (χ0v) is 16.7. The van der Waals surface area contributed by atoms with Gasteiger partial charge in [0.25, 0.3) is 0 Å². The normalized spacial score (nSPS) is 23.2. The van der Waals surface area contributed by atoms with Crippen molar-refractivity contribution in [3.63, 3.8) is 0 Å². The first-order valence-corrected chi connectivity index (χ1v) is 10.1. The Bertz CT molecular complexity index is 1090. The minimum atomic E-state index is -0.287. The fraction of sp³-hybridized carbons (Fsp3) is 0.348. The molecule has 0 radical (unpaired) electrons. The van der Waals surface area contributed by atoms with Crippen LogP contribution in [-0.2, 0) is 9.53 Å². The molecule has 0 spiro atoms. The van der Waals surface area contributed by atoms with Crippen LogP contribution < -0.4 is 4.90 Å². The Balaban J connectivity index is 1.45. The quantitative estimate of drug-likeness (QED) is 0.667. The summed E-state index contributed by atoms with van der Waals surface area (Å²) in [5, 5.41) is 0. The van der Waals surface area contributed by atoms with Gasteiger partial charge < -0.3 is 14.5 Å². The fourth-order valence-electron chi connectivity index (χ4n) is 4.91. The topological polar surface area (TPSA) is 58.6 Å². The van der Waals surface area contributed by atoms with Crippen molar-refractivity contribution >= 4 is 22.8 Å². The maximum absolute atomic E-state index is 14.0. The summed E-state index contributed by atoms with van der Waals surface area (Å²) in [6, 6.07) is 14.2. The lowest BCUT2D eigenvalue weighted by Gasteiger charge is -2.30. The lowest BCUT2D eigenvalue weighted by molar-refractivity contribution is -0.136. The van der Waals surface area contributed by atoms with Gasteiger partial charge in [-0.3, -0.25) is 9.78 Å². The van der Waals surface area contributed by atoms with Gasteiger partial charge in [0.1, 0.15) is 18.2 Å². The van der Waals surface area contributed by atoms with Crippen LogP contribution in [0.4, 0.5) is 10.2 Å². The lowest BCUT2D eigenvalue weighted by Crippen LogP contribution is -2.37. The molecule has 1 amide bonds. The van der Waals surface area contributed by atoms with Crippen LogP contribution in [-0.4, -0.2) is 54.1 Å². The highest BCUT2D eigenvalue weighted by Crippen LogP contribution is 2.45. The van der Waals surface area contributed by atoms with Crippen molar-refractivity contribution in [2.75, 3.05) is 38.3 Å². The largest absolute Gasteiger partial charge is 0.375 e. The number of hydrogen-bond donors (Lipinski definition) is 0. The Labute approximate surface area is 174 Å². The number of anilines is 1. The highest BCUT2D eigenvalue weighted by molar-refractivity contribution is 5.79. The molecular formula is C23H23FN4O2. The number of hydrogen-bond acceptors (Lipinski definition) is 5. The number of ether oxygens (including phenoxy) is 1. The van der Waals surface area contributed by atoms with Crippen LogP contribution in [0.2, 0.25) is 0 Å². The molecule has 6 nitrogen and oxygen atoms in total. The molecular weight excluding hydrogens is 383 g/mol. The van der Waals surface area contributed by atoms with Crippen molar-refractivity contribution in [3.8, 4) is 0 Å². The van der Waals surface area contributed by atoms with Crippen molar-refractivity contribution in [1.82, 2.24) is 14.9 Å². The smallest absolute Gasteiger partial charge is 0.249 e. The average Bonchev–Trinajstić information content (AvgIpc) is 3.31. The number of nitrogens with zero attached hydrogens (tertiary/aromatic N) is 4. The average molecular weight is 406 g/mol. The predicted octanol–water partition coefficient (Wildman–Crippen LogP) is 3.05. The van der Waals surface area contributed by atoms with Crippen LogP contribution in [0.1, 0.15) is 11.6 Å². The van der Waals surface area contributed by atoms with Gasteiger partial charge in [-0.15, -0.1) is 0 Å². The van der Waals surface area contributed by atoms with E-state index in [1.54, 1.807) is 12.1 Å². The SMILES string of the molecule is COCC(=O)N1C[C@H]2CN(c3cnc4ccccc4n3)C[C@H]2[C@@H]1c1cccc(F)c1. The summed E-state index contributed by atoms with van der Waals surface area (Å²) in [6.45, 7) is 2.20. The molecule has 0 unspecified atom stereocenters. The summed E-state index contributed by atoms with van der Waals surface area (Å²) in [6.07, 6.45) is 1.81. The van der Waals surface area contributed by atoms with Gasteiger partial charge in [0.2, 0.25) is 5.91 Å². The third kappa shape index (κ3) is 3.29. The third-order valence-corrected chi connectivity index (χ3v) is 6.20. The molecule has 154 valence electrons. The Kier molecular flexibility index (Phi) is 4.83. The van der Waals surface area contributed by atoms with Gasteiger partial charge in [-0.2, -0.15) is 0 Å². The molecule has 2 aromatic carbocycles. The monoisotopic (exact) mass is 406 g/mol. The van der Waals surface area contributed by atoms with Gasteiger partial charge in [-0.1, -0.05) is 24.3 Å². The summed E-state index contributed by atoms with van der Waals surface area (Å²) >= 11 is 0. The second-order valence-electron chi connectivity index (χ2n) is 8.02. The van der Waals surface area contributed by atoms with Crippen molar-refractivity contribution in [2.45, 2.75) is 6.04 Å². The molecule has 3 heterocycles. The zero-order valence-electron chi connectivity index (χ0n) is 16.7. The summed E-state index contributed by atoms with van der Waals surface area (Å²) in [5.41, 5.74) is 2.57. The second kappa shape index (κ2) is 7.65. The van der Waals surface area contributed by atoms with Crippen LogP contribution in [0.25, 0.3) is 11.0 Å². The van der Waals surface area contributed by atoms with E-state index in [1.807, 2.05) is 41.4 Å². The number of rotatable bonds is 4. The Hall–Kier alpha value is -3.06. The number of likely N-dealkylation sites (tertiary alicyclic amines) is 1. The predicted molar refractivity (Wildman–Crippen MR) is 111 cm³/mol. The van der Waals surface area contributed by atoms with Gasteiger partial charge in [0.05, 0.1) is 23.3 Å². The van der Waals surface area contributed by atoms with Crippen LogP contribution in [0.3, 0.4) is 0 Å². The molecule has 3 atom stereocenters. The van der Waals surface area contributed by atoms with Crippen LogP contribution in [0.5, 0.6) is 0 Å². The summed E-state index contributed by atoms with van der Waals surface area (Å²) in [7, 11) is 1.52. The number of aromatic nitrogens is 2. The van der Waals surface area contributed by atoms with E-state index in [1.165, 1.54) is 13.2 Å². The summed E-state index contributed by atoms with van der Waals surface area (Å²) in [5.74, 6) is 0.979. The van der Waals surface area contributed by atoms with Gasteiger partial charge in [0, 0.05) is 38.6 Å². The number of methoxy groups -OCH3 is 1. The number of halogens is 1. The fourth-order valence-corrected chi connectivity index (χ4v) is 4.91. The minimum Gasteiger partial charge on any atom is -0.375 e. The minimum absolute atomic E-state index is 0.0329. The van der Waals surface area contributed by atoms with Gasteiger partial charge in [-0.05, 0) is 29.8 Å². The van der Waals surface area contributed by atoms with Crippen LogP contribution in [0, 0.1) is 17.7 Å². The third-order valence-electron chi connectivity index (χ3n) is 6.20. The number of carbonyl (C=O) groups excluding carboxylic acids is 1. The molecule has 30 heavy (non-hydrogen) atoms. The highest BCUT2D eigenvalue weighted by atomic mass is 19.1. The van der Waals surface area contributed by atoms with E-state index in [0.717, 1.165) is 35.5 Å². The molecule has 0 bridgehead atoms. The highest BCUT2D eigenvalue weighted by Gasteiger charge is 2.49. The van der Waals surface area contributed by atoms with E-state index < -0.39 is 0 Å². The molecule has 0 aliphatic carbocycles. The van der Waals surface area contributed by atoms with E-state index in [4.69, 9.17) is 9.72 Å². The standard InChI is InChI=1S/C23H23FN4O2/c1-30-14-22(29)28-12-16-11-27(21-10-25-19-7-2-3-8-20(19)26-21)13-18(16)23(28)15-5-4-6-17(24)9-15/h2-10,16,18,23H,11-14H2,1H3/t16-,18-,23+/m1/s1. The number of carbonyl (C=O) groups is 1. The first-order chi connectivity index (χ1) is 14.6. The number of amides is 1. The Morgan fingerprint density at radius 3 is 2.77 bits per heavy atom. The zero-order chi connectivity index (χ0) is 20.7. The van der Waals surface area contributed by atoms with Gasteiger partial charge in [-0.25, -0.2) is 9.37 Å². The molecule has 0 N–H and O–H groups in total. The molecule has 7 heteroatoms. The first kappa shape index (κ1) is 18.9. The lowest BCUT2D eigenvalue weighted by atomic mass is 9.89. The van der Waals surface area contributed by atoms with Gasteiger partial charge >= 0.3 is 0 Å². The Morgan fingerprint density at radius 2 is 1.97 bits per heavy atom. The van der Waals surface area contributed by atoms with Crippen LogP contribution in [0.15, 0.2) is 54.7 Å². The van der Waals surface area contributed by atoms with E-state index in [0.29, 0.717) is 6.54 Å².